The number of unbranched alkanes of at least 4 members (excludes halogenated alkanes) is 5. The maximum Gasteiger partial charge on any atom is 0.234 e. The van der Waals surface area contributed by atoms with Crippen LogP contribution < -0.4 is 5.73 Å². The quantitative estimate of drug-likeness (QED) is 0.214. The highest BCUT2D eigenvalue weighted by atomic mass is 79.9. The maximum atomic E-state index is 10.9. The maximum absolute atomic E-state index is 10.9. The number of amides is 1. The highest BCUT2D eigenvalue weighted by Gasteiger charge is 2.22. The Morgan fingerprint density at radius 3 is 2.17 bits per heavy atom. The molecule has 0 aromatic rings. The van der Waals surface area contributed by atoms with E-state index >= 15 is 0 Å². The van der Waals surface area contributed by atoms with Gasteiger partial charge in [-0.25, -0.2) is 9.79 Å². The van der Waals surface area contributed by atoms with Gasteiger partial charge in [-0.3, -0.25) is 14.6 Å². The number of alkyl halides is 1. The van der Waals surface area contributed by atoms with Crippen molar-refractivity contribution in [2.24, 2.45) is 10.7 Å². The lowest BCUT2D eigenvalue weighted by atomic mass is 10.1. The molecule has 7 heteroatoms. The molecule has 0 aliphatic carbocycles. The molecule has 2 N–H and O–H groups in total. The van der Waals surface area contributed by atoms with Crippen LogP contribution in [0.1, 0.15) is 51.4 Å². The Morgan fingerprint density at radius 1 is 1.04 bits per heavy atom. The number of aliphatic imine (C=N–C) groups is 1. The normalized spacial score (nSPS) is 16.6. The second-order valence-corrected chi connectivity index (χ2v) is 7.28. The Labute approximate surface area is 147 Å². The van der Waals surface area contributed by atoms with Crippen LogP contribution in [-0.4, -0.2) is 59.6 Å². The minimum Gasteiger partial charge on any atom is -0.369 e. The molecule has 23 heavy (non-hydrogen) atoms. The van der Waals surface area contributed by atoms with Crippen LogP contribution in [0.15, 0.2) is 4.99 Å². The number of carbonyl (C=O) groups is 1. The molecule has 0 saturated carbocycles. The Bertz CT molecular complexity index is 382. The molecule has 0 aromatic heterocycles. The molecule has 6 nitrogen and oxygen atoms in total. The predicted molar refractivity (Wildman–Crippen MR) is 95.0 cm³/mol. The van der Waals surface area contributed by atoms with Crippen LogP contribution in [0.3, 0.4) is 0 Å². The lowest BCUT2D eigenvalue weighted by Gasteiger charge is -2.42. The van der Waals surface area contributed by atoms with Gasteiger partial charge in [0.05, 0.1) is 24.7 Å². The van der Waals surface area contributed by atoms with Gasteiger partial charge in [-0.2, -0.15) is 0 Å². The van der Waals surface area contributed by atoms with E-state index in [1.807, 2.05) is 0 Å². The Balaban J connectivity index is 1.83. The highest BCUT2D eigenvalue weighted by molar-refractivity contribution is 9.10. The summed E-state index contributed by atoms with van der Waals surface area (Å²) in [6.45, 7) is 5.09. The topological polar surface area (TPSA) is 79.0 Å². The van der Waals surface area contributed by atoms with Crippen molar-refractivity contribution in [3.63, 3.8) is 0 Å². The molecule has 1 heterocycles. The number of carbonyl (C=O) groups excluding carboxylic acids is 2. The first kappa shape index (κ1) is 20.3. The molecule has 0 aromatic carbocycles. The fraction of sp³-hybridized carbons (Fsp3) is 0.875. The van der Waals surface area contributed by atoms with Gasteiger partial charge in [0.25, 0.3) is 0 Å². The summed E-state index contributed by atoms with van der Waals surface area (Å²) >= 11 is 3.29. The Hall–Kier alpha value is -0.750. The summed E-state index contributed by atoms with van der Waals surface area (Å²) in [6.07, 6.45) is 10.3. The average Bonchev–Trinajstić information content (AvgIpc) is 2.49. The van der Waals surface area contributed by atoms with E-state index in [0.717, 1.165) is 58.5 Å². The van der Waals surface area contributed by atoms with Crippen LogP contribution in [0.5, 0.6) is 0 Å². The summed E-state index contributed by atoms with van der Waals surface area (Å²) in [4.78, 5) is 29.1. The van der Waals surface area contributed by atoms with E-state index in [4.69, 9.17) is 5.73 Å². The molecule has 1 fully saturated rings. The lowest BCUT2D eigenvalue weighted by molar-refractivity contribution is -0.117. The molecule has 0 radical (unpaired) electrons. The monoisotopic (exact) mass is 388 g/mol. The van der Waals surface area contributed by atoms with Crippen LogP contribution in [0.25, 0.3) is 0 Å². The van der Waals surface area contributed by atoms with Crippen molar-refractivity contribution in [2.75, 3.05) is 33.0 Å². The summed E-state index contributed by atoms with van der Waals surface area (Å²) in [5, 5.41) is 0. The standard InChI is InChI=1S/C16H29BrN4O2/c17-15(16(18)23)8-4-3-7-11-21-13-20(14-21)10-6-2-1-5-9-19-12-22/h15H,1-11,13-14H2,(H2,18,23). The Kier molecular flexibility index (Phi) is 11.2. The minimum absolute atomic E-state index is 0.174. The fourth-order valence-electron chi connectivity index (χ4n) is 2.71. The molecular weight excluding hydrogens is 360 g/mol. The van der Waals surface area contributed by atoms with Gasteiger partial charge in [0.1, 0.15) is 0 Å². The summed E-state index contributed by atoms with van der Waals surface area (Å²) in [7, 11) is 0. The number of rotatable bonds is 14. The van der Waals surface area contributed by atoms with Gasteiger partial charge >= 0.3 is 0 Å². The van der Waals surface area contributed by atoms with Gasteiger partial charge in [-0.1, -0.05) is 41.6 Å². The molecule has 1 saturated heterocycles. The summed E-state index contributed by atoms with van der Waals surface area (Å²) in [6, 6.07) is 0. The minimum atomic E-state index is -0.264. The van der Waals surface area contributed by atoms with E-state index in [-0.39, 0.29) is 10.7 Å². The summed E-state index contributed by atoms with van der Waals surface area (Å²) in [5.41, 5.74) is 5.21. The molecule has 0 bridgehead atoms. The van der Waals surface area contributed by atoms with Gasteiger partial charge < -0.3 is 5.73 Å². The fourth-order valence-corrected chi connectivity index (χ4v) is 3.03. The van der Waals surface area contributed by atoms with Crippen LogP contribution in [-0.2, 0) is 9.59 Å². The lowest BCUT2D eigenvalue weighted by Crippen LogP contribution is -2.55. The number of primary amides is 1. The average molecular weight is 389 g/mol. The van der Waals surface area contributed by atoms with E-state index in [0.29, 0.717) is 6.54 Å². The molecule has 1 unspecified atom stereocenters. The molecule has 0 spiro atoms. The zero-order chi connectivity index (χ0) is 16.9. The zero-order valence-electron chi connectivity index (χ0n) is 13.9. The van der Waals surface area contributed by atoms with Gasteiger partial charge in [0, 0.05) is 13.1 Å². The van der Waals surface area contributed by atoms with Gasteiger partial charge in [0.15, 0.2) is 0 Å². The van der Waals surface area contributed by atoms with E-state index in [2.05, 4.69) is 30.7 Å². The van der Waals surface area contributed by atoms with E-state index in [9.17, 15) is 9.59 Å². The van der Waals surface area contributed by atoms with Crippen molar-refractivity contribution >= 4 is 27.9 Å². The van der Waals surface area contributed by atoms with Crippen molar-refractivity contribution in [3.05, 3.63) is 0 Å². The number of halogens is 1. The SMILES string of the molecule is NC(=O)C(Br)CCCCCN1CN(CCCCCCN=C=O)C1. The summed E-state index contributed by atoms with van der Waals surface area (Å²) < 4.78 is 0. The molecule has 1 atom stereocenters. The summed E-state index contributed by atoms with van der Waals surface area (Å²) in [5.74, 6) is -0.264. The second-order valence-electron chi connectivity index (χ2n) is 6.18. The van der Waals surface area contributed by atoms with E-state index < -0.39 is 0 Å². The predicted octanol–water partition coefficient (Wildman–Crippen LogP) is 2.22. The first-order valence-electron chi connectivity index (χ1n) is 8.55. The molecule has 1 rings (SSSR count). The van der Waals surface area contributed by atoms with Gasteiger partial charge in [0.2, 0.25) is 12.0 Å². The first-order valence-corrected chi connectivity index (χ1v) is 9.46. The van der Waals surface area contributed by atoms with Gasteiger partial charge in [-0.05, 0) is 25.7 Å². The van der Waals surface area contributed by atoms with Crippen molar-refractivity contribution in [1.82, 2.24) is 9.80 Å². The third kappa shape index (κ3) is 9.87. The highest BCUT2D eigenvalue weighted by Crippen LogP contribution is 2.14. The number of nitrogens with zero attached hydrogens (tertiary/aromatic N) is 3. The van der Waals surface area contributed by atoms with Crippen LogP contribution in [0.2, 0.25) is 0 Å². The smallest absolute Gasteiger partial charge is 0.234 e. The molecule has 1 amide bonds. The third-order valence-corrected chi connectivity index (χ3v) is 5.01. The van der Waals surface area contributed by atoms with Crippen molar-refractivity contribution < 1.29 is 9.59 Å². The van der Waals surface area contributed by atoms with E-state index in [1.165, 1.54) is 19.3 Å². The van der Waals surface area contributed by atoms with E-state index in [1.54, 1.807) is 6.08 Å². The number of hydrogen-bond donors (Lipinski definition) is 1. The van der Waals surface area contributed by atoms with Crippen LogP contribution >= 0.6 is 15.9 Å². The van der Waals surface area contributed by atoms with Gasteiger partial charge in [-0.15, -0.1) is 0 Å². The first-order chi connectivity index (χ1) is 11.1. The number of nitrogens with two attached hydrogens (primary N) is 1. The zero-order valence-corrected chi connectivity index (χ0v) is 15.5. The van der Waals surface area contributed by atoms with Crippen molar-refractivity contribution in [3.8, 4) is 0 Å². The van der Waals surface area contributed by atoms with Crippen molar-refractivity contribution in [1.29, 1.82) is 0 Å². The molecule has 132 valence electrons. The Morgan fingerprint density at radius 2 is 1.61 bits per heavy atom. The molecule has 1 aliphatic heterocycles. The third-order valence-electron chi connectivity index (χ3n) is 4.10. The second kappa shape index (κ2) is 12.6. The largest absolute Gasteiger partial charge is 0.369 e. The van der Waals surface area contributed by atoms with Crippen LogP contribution in [0.4, 0.5) is 0 Å². The number of isocyanates is 1. The molecular formula is C16H29BrN4O2. The molecule has 1 aliphatic rings. The van der Waals surface area contributed by atoms with Crippen LogP contribution in [0, 0.1) is 0 Å². The number of hydrogen-bond acceptors (Lipinski definition) is 5. The van der Waals surface area contributed by atoms with Crippen molar-refractivity contribution in [2.45, 2.75) is 56.2 Å².